The molecule has 0 aliphatic carbocycles. The summed E-state index contributed by atoms with van der Waals surface area (Å²) in [6.45, 7) is 4.00. The minimum absolute atomic E-state index is 0.0447. The van der Waals surface area contributed by atoms with E-state index in [2.05, 4.69) is 5.10 Å². The molecule has 0 aliphatic rings. The first-order valence-corrected chi connectivity index (χ1v) is 8.31. The smallest absolute Gasteiger partial charge is 0.161 e. The summed E-state index contributed by atoms with van der Waals surface area (Å²) in [7, 11) is 1.50. The molecule has 0 bridgehead atoms. The van der Waals surface area contributed by atoms with E-state index in [1.54, 1.807) is 22.9 Å². The molecule has 1 aromatic heterocycles. The predicted octanol–water partition coefficient (Wildman–Crippen LogP) is 3.25. The number of aryl methyl sites for hydroxylation is 2. The molecule has 0 atom stereocenters. The van der Waals surface area contributed by atoms with E-state index in [9.17, 15) is 15.3 Å². The van der Waals surface area contributed by atoms with Crippen LogP contribution in [0.15, 0.2) is 36.4 Å². The fourth-order valence-corrected chi connectivity index (χ4v) is 3.00. The normalized spacial score (nSPS) is 10.9. The van der Waals surface area contributed by atoms with Crippen LogP contribution < -0.4 is 4.74 Å². The number of benzene rings is 2. The van der Waals surface area contributed by atoms with Crippen LogP contribution in [0.3, 0.4) is 0 Å². The number of methoxy groups -OCH3 is 1. The Bertz CT molecular complexity index is 924. The van der Waals surface area contributed by atoms with Gasteiger partial charge in [-0.05, 0) is 61.4 Å². The summed E-state index contributed by atoms with van der Waals surface area (Å²) in [6.07, 6.45) is 0. The van der Waals surface area contributed by atoms with E-state index in [1.807, 2.05) is 32.0 Å². The zero-order chi connectivity index (χ0) is 18.8. The lowest BCUT2D eigenvalue weighted by Gasteiger charge is -2.08. The molecule has 136 valence electrons. The predicted molar refractivity (Wildman–Crippen MR) is 99.5 cm³/mol. The molecule has 1 heterocycles. The first-order valence-electron chi connectivity index (χ1n) is 8.31. The van der Waals surface area contributed by atoms with Crippen molar-refractivity contribution in [2.75, 3.05) is 13.7 Å². The van der Waals surface area contributed by atoms with Crippen LogP contribution in [0.4, 0.5) is 0 Å². The maximum absolute atomic E-state index is 9.99. The van der Waals surface area contributed by atoms with Crippen LogP contribution in [0.2, 0.25) is 0 Å². The van der Waals surface area contributed by atoms with Gasteiger partial charge in [0.25, 0.3) is 0 Å². The standard InChI is InChI=1S/C20H22N2O4/c1-12-8-15(9-13(2)20(12)25)16-11-17(22(21-16)6-7-23)14-4-5-18(24)19(10-14)26-3/h4-5,8-11,23-25H,6-7H2,1-3H3. The lowest BCUT2D eigenvalue weighted by atomic mass is 10.0. The Hall–Kier alpha value is -2.99. The van der Waals surface area contributed by atoms with Crippen LogP contribution >= 0.6 is 0 Å². The minimum Gasteiger partial charge on any atom is -0.507 e. The van der Waals surface area contributed by atoms with Gasteiger partial charge >= 0.3 is 0 Å². The lowest BCUT2D eigenvalue weighted by Crippen LogP contribution is -2.05. The van der Waals surface area contributed by atoms with E-state index in [4.69, 9.17) is 4.74 Å². The number of hydrogen-bond donors (Lipinski definition) is 3. The van der Waals surface area contributed by atoms with Crippen molar-refractivity contribution in [1.29, 1.82) is 0 Å². The molecule has 0 radical (unpaired) electrons. The molecule has 0 aliphatic heterocycles. The quantitative estimate of drug-likeness (QED) is 0.655. The molecule has 3 N–H and O–H groups in total. The number of aliphatic hydroxyl groups excluding tert-OH is 1. The van der Waals surface area contributed by atoms with Gasteiger partial charge in [0.15, 0.2) is 11.5 Å². The summed E-state index contributed by atoms with van der Waals surface area (Å²) in [5, 5.41) is 33.8. The highest BCUT2D eigenvalue weighted by molar-refractivity contribution is 5.72. The average Bonchev–Trinajstić information content (AvgIpc) is 3.04. The monoisotopic (exact) mass is 354 g/mol. The van der Waals surface area contributed by atoms with E-state index in [1.165, 1.54) is 7.11 Å². The molecule has 6 nitrogen and oxygen atoms in total. The maximum atomic E-state index is 9.99. The summed E-state index contributed by atoms with van der Waals surface area (Å²) in [5.41, 5.74) is 4.82. The molecule has 0 saturated carbocycles. The fraction of sp³-hybridized carbons (Fsp3) is 0.250. The fourth-order valence-electron chi connectivity index (χ4n) is 3.00. The number of aromatic hydroxyl groups is 2. The Balaban J connectivity index is 2.13. The zero-order valence-corrected chi connectivity index (χ0v) is 15.0. The van der Waals surface area contributed by atoms with Crippen LogP contribution in [-0.2, 0) is 6.54 Å². The molecule has 3 rings (SSSR count). The van der Waals surface area contributed by atoms with Crippen molar-refractivity contribution in [3.8, 4) is 39.8 Å². The first kappa shape index (κ1) is 17.8. The van der Waals surface area contributed by atoms with Crippen LogP contribution in [0.25, 0.3) is 22.5 Å². The van der Waals surface area contributed by atoms with Gasteiger partial charge < -0.3 is 20.1 Å². The Morgan fingerprint density at radius 2 is 1.69 bits per heavy atom. The number of hydrogen-bond acceptors (Lipinski definition) is 5. The van der Waals surface area contributed by atoms with Gasteiger partial charge in [-0.1, -0.05) is 0 Å². The zero-order valence-electron chi connectivity index (χ0n) is 15.0. The number of aliphatic hydroxyl groups is 1. The van der Waals surface area contributed by atoms with E-state index in [0.717, 1.165) is 33.6 Å². The molecule has 6 heteroatoms. The molecule has 0 spiro atoms. The molecule has 2 aromatic carbocycles. The van der Waals surface area contributed by atoms with Crippen LogP contribution in [0.1, 0.15) is 11.1 Å². The Kier molecular flexibility index (Phi) is 4.86. The second-order valence-corrected chi connectivity index (χ2v) is 6.21. The van der Waals surface area contributed by atoms with Crippen molar-refractivity contribution >= 4 is 0 Å². The summed E-state index contributed by atoms with van der Waals surface area (Å²) in [4.78, 5) is 0. The molecule has 0 amide bonds. The van der Waals surface area contributed by atoms with Crippen LogP contribution in [0.5, 0.6) is 17.2 Å². The van der Waals surface area contributed by atoms with E-state index in [0.29, 0.717) is 12.3 Å². The average molecular weight is 354 g/mol. The number of ether oxygens (including phenoxy) is 1. The number of phenolic OH excluding ortho intramolecular Hbond substituents is 2. The number of nitrogens with zero attached hydrogens (tertiary/aromatic N) is 2. The highest BCUT2D eigenvalue weighted by Crippen LogP contribution is 2.34. The summed E-state index contributed by atoms with van der Waals surface area (Å²) >= 11 is 0. The third kappa shape index (κ3) is 3.23. The maximum Gasteiger partial charge on any atom is 0.161 e. The SMILES string of the molecule is COc1cc(-c2cc(-c3cc(C)c(O)c(C)c3)nn2CCO)ccc1O. The van der Waals surface area contributed by atoms with E-state index < -0.39 is 0 Å². The molecule has 0 fully saturated rings. The third-order valence-corrected chi connectivity index (χ3v) is 4.35. The summed E-state index contributed by atoms with van der Waals surface area (Å²) in [5.74, 6) is 0.721. The van der Waals surface area contributed by atoms with Gasteiger partial charge in [0, 0.05) is 11.1 Å². The largest absolute Gasteiger partial charge is 0.507 e. The van der Waals surface area contributed by atoms with E-state index >= 15 is 0 Å². The number of rotatable bonds is 5. The highest BCUT2D eigenvalue weighted by atomic mass is 16.5. The van der Waals surface area contributed by atoms with Gasteiger partial charge in [-0.3, -0.25) is 4.68 Å². The van der Waals surface area contributed by atoms with Crippen molar-refractivity contribution in [2.45, 2.75) is 20.4 Å². The van der Waals surface area contributed by atoms with Crippen LogP contribution in [0, 0.1) is 13.8 Å². The number of phenols is 2. The van der Waals surface area contributed by atoms with Crippen LogP contribution in [-0.4, -0.2) is 38.8 Å². The second-order valence-electron chi connectivity index (χ2n) is 6.21. The molecule has 0 saturated heterocycles. The Morgan fingerprint density at radius 1 is 1.00 bits per heavy atom. The van der Waals surface area contributed by atoms with Crippen molar-refractivity contribution < 1.29 is 20.1 Å². The van der Waals surface area contributed by atoms with Gasteiger partial charge in [-0.2, -0.15) is 5.10 Å². The molecule has 3 aromatic rings. The molecular weight excluding hydrogens is 332 g/mol. The molecular formula is C20H22N2O4. The van der Waals surface area contributed by atoms with Gasteiger partial charge in [-0.25, -0.2) is 0 Å². The van der Waals surface area contributed by atoms with Crippen molar-refractivity contribution in [3.63, 3.8) is 0 Å². The van der Waals surface area contributed by atoms with Crippen molar-refractivity contribution in [1.82, 2.24) is 9.78 Å². The van der Waals surface area contributed by atoms with Gasteiger partial charge in [0.2, 0.25) is 0 Å². The second kappa shape index (κ2) is 7.09. The van der Waals surface area contributed by atoms with Crippen molar-refractivity contribution in [3.05, 3.63) is 47.5 Å². The first-order chi connectivity index (χ1) is 12.4. The van der Waals surface area contributed by atoms with Gasteiger partial charge in [0.1, 0.15) is 5.75 Å². The summed E-state index contributed by atoms with van der Waals surface area (Å²) < 4.78 is 6.91. The highest BCUT2D eigenvalue weighted by Gasteiger charge is 2.15. The molecule has 0 unspecified atom stereocenters. The minimum atomic E-state index is -0.0447. The molecule has 26 heavy (non-hydrogen) atoms. The third-order valence-electron chi connectivity index (χ3n) is 4.35. The van der Waals surface area contributed by atoms with Crippen molar-refractivity contribution in [2.24, 2.45) is 0 Å². The Labute approximate surface area is 151 Å². The van der Waals surface area contributed by atoms with Gasteiger partial charge in [-0.15, -0.1) is 0 Å². The summed E-state index contributed by atoms with van der Waals surface area (Å²) in [6, 6.07) is 10.8. The topological polar surface area (TPSA) is 87.7 Å². The van der Waals surface area contributed by atoms with E-state index in [-0.39, 0.29) is 18.1 Å². The van der Waals surface area contributed by atoms with Gasteiger partial charge in [0.05, 0.1) is 31.6 Å². The lowest BCUT2D eigenvalue weighted by molar-refractivity contribution is 0.270. The number of aromatic nitrogens is 2. The Morgan fingerprint density at radius 3 is 2.31 bits per heavy atom.